The quantitative estimate of drug-likeness (QED) is 0.269. The van der Waals surface area contributed by atoms with Crippen molar-refractivity contribution in [2.24, 2.45) is 5.92 Å². The molecule has 4 rings (SSSR count). The summed E-state index contributed by atoms with van der Waals surface area (Å²) in [5.41, 5.74) is 0.711. The van der Waals surface area contributed by atoms with E-state index >= 15 is 0 Å². The Kier molecular flexibility index (Phi) is 7.51. The lowest BCUT2D eigenvalue weighted by molar-refractivity contribution is -0.137. The third kappa shape index (κ3) is 5.03. The number of rotatable bonds is 7. The Balaban J connectivity index is 1.80. The van der Waals surface area contributed by atoms with Crippen molar-refractivity contribution in [2.75, 3.05) is 0 Å². The summed E-state index contributed by atoms with van der Waals surface area (Å²) in [6.07, 6.45) is -0.788. The van der Waals surface area contributed by atoms with Crippen molar-refractivity contribution in [3.8, 4) is 11.1 Å². The first kappa shape index (κ1) is 26.3. The molecular weight excluding hydrogens is 494 g/mol. The van der Waals surface area contributed by atoms with Gasteiger partial charge in [-0.25, -0.2) is 9.18 Å². The summed E-state index contributed by atoms with van der Waals surface area (Å²) in [7, 11) is 0. The van der Waals surface area contributed by atoms with Gasteiger partial charge in [-0.1, -0.05) is 42.8 Å². The van der Waals surface area contributed by atoms with E-state index in [1.165, 1.54) is 24.3 Å². The van der Waals surface area contributed by atoms with E-state index in [0.29, 0.717) is 25.7 Å². The number of hydrogen-bond acceptors (Lipinski definition) is 2. The molecule has 2 heterocycles. The SMILES string of the molecule is C=CC(CC(=C)CC)C1OC(=O)N2C(c3cc(C(F)(F)F)ccc3-c3cc(Cl)ccc3F)CCCC12. The van der Waals surface area contributed by atoms with Gasteiger partial charge in [0.25, 0.3) is 0 Å². The van der Waals surface area contributed by atoms with E-state index in [0.717, 1.165) is 24.1 Å². The number of fused-ring (bicyclic) bond motifs is 1. The third-order valence-electron chi connectivity index (χ3n) is 7.20. The van der Waals surface area contributed by atoms with Crippen LogP contribution in [0.4, 0.5) is 22.4 Å². The highest BCUT2D eigenvalue weighted by molar-refractivity contribution is 6.30. The Labute approximate surface area is 213 Å². The molecule has 2 fully saturated rings. The molecule has 4 unspecified atom stereocenters. The van der Waals surface area contributed by atoms with Gasteiger partial charge < -0.3 is 4.74 Å². The summed E-state index contributed by atoms with van der Waals surface area (Å²) in [5.74, 6) is -0.777. The van der Waals surface area contributed by atoms with Crippen LogP contribution in [0.5, 0.6) is 0 Å². The predicted octanol–water partition coefficient (Wildman–Crippen LogP) is 8.74. The zero-order valence-electron chi connectivity index (χ0n) is 20.0. The standard InChI is InChI=1S/C28H28ClF4NO2/c1-4-16(3)13-17(5-2)26-25-8-6-7-24(34(25)27(35)36-26)22-14-18(28(31,32)33)9-11-20(22)21-15-19(29)10-12-23(21)30/h5,9-12,14-15,17,24-26H,2-4,6-8,13H2,1H3. The first-order chi connectivity index (χ1) is 17.0. The van der Waals surface area contributed by atoms with Gasteiger partial charge in [-0.05, 0) is 73.6 Å². The normalized spacial score (nSPS) is 22.7. The van der Waals surface area contributed by atoms with Gasteiger partial charge in [-0.15, -0.1) is 6.58 Å². The average Bonchev–Trinajstić information content (AvgIpc) is 3.19. The van der Waals surface area contributed by atoms with Crippen LogP contribution < -0.4 is 0 Å². The van der Waals surface area contributed by atoms with Crippen molar-refractivity contribution in [3.63, 3.8) is 0 Å². The van der Waals surface area contributed by atoms with Gasteiger partial charge in [0.1, 0.15) is 11.9 Å². The molecule has 0 radical (unpaired) electrons. The Morgan fingerprint density at radius 3 is 2.64 bits per heavy atom. The van der Waals surface area contributed by atoms with Gasteiger partial charge in [0, 0.05) is 16.5 Å². The number of alkyl halides is 3. The number of piperidine rings is 1. The molecule has 0 spiro atoms. The minimum atomic E-state index is -4.60. The molecule has 2 aromatic carbocycles. The van der Waals surface area contributed by atoms with Crippen LogP contribution in [-0.4, -0.2) is 23.1 Å². The summed E-state index contributed by atoms with van der Waals surface area (Å²) >= 11 is 6.10. The van der Waals surface area contributed by atoms with E-state index < -0.39 is 35.8 Å². The van der Waals surface area contributed by atoms with Gasteiger partial charge in [0.2, 0.25) is 0 Å². The lowest BCUT2D eigenvalue weighted by atomic mass is 9.82. The Bertz CT molecular complexity index is 1180. The van der Waals surface area contributed by atoms with E-state index in [9.17, 15) is 22.4 Å². The molecule has 2 aliphatic heterocycles. The Morgan fingerprint density at radius 2 is 1.97 bits per heavy atom. The molecule has 2 aromatic rings. The summed E-state index contributed by atoms with van der Waals surface area (Å²) in [5, 5.41) is 0.254. The molecule has 0 aliphatic carbocycles. The van der Waals surface area contributed by atoms with E-state index in [2.05, 4.69) is 13.2 Å². The maximum Gasteiger partial charge on any atom is 0.416 e. The van der Waals surface area contributed by atoms with Gasteiger partial charge in [-0.2, -0.15) is 13.2 Å². The maximum atomic E-state index is 14.8. The van der Waals surface area contributed by atoms with Crippen LogP contribution in [-0.2, 0) is 10.9 Å². The first-order valence-corrected chi connectivity index (χ1v) is 12.4. The van der Waals surface area contributed by atoms with Crippen LogP contribution in [0.15, 0.2) is 61.2 Å². The van der Waals surface area contributed by atoms with Crippen LogP contribution >= 0.6 is 11.6 Å². The van der Waals surface area contributed by atoms with Crippen LogP contribution in [0.1, 0.15) is 56.2 Å². The molecule has 2 aliphatic rings. The minimum absolute atomic E-state index is 0.0840. The van der Waals surface area contributed by atoms with E-state index in [-0.39, 0.29) is 33.7 Å². The smallest absolute Gasteiger partial charge is 0.416 e. The number of hydrogen-bond donors (Lipinski definition) is 0. The fourth-order valence-corrected chi connectivity index (χ4v) is 5.50. The number of allylic oxidation sites excluding steroid dienone is 1. The molecular formula is C28H28ClF4NO2. The lowest BCUT2D eigenvalue weighted by Gasteiger charge is -2.39. The zero-order chi connectivity index (χ0) is 26.2. The van der Waals surface area contributed by atoms with Crippen molar-refractivity contribution in [1.29, 1.82) is 0 Å². The largest absolute Gasteiger partial charge is 0.443 e. The van der Waals surface area contributed by atoms with E-state index in [1.807, 2.05) is 6.92 Å². The topological polar surface area (TPSA) is 29.5 Å². The van der Waals surface area contributed by atoms with Crippen LogP contribution in [0.25, 0.3) is 11.1 Å². The second-order valence-corrected chi connectivity index (χ2v) is 9.84. The molecule has 8 heteroatoms. The Morgan fingerprint density at radius 1 is 1.22 bits per heavy atom. The van der Waals surface area contributed by atoms with Gasteiger partial charge >= 0.3 is 12.3 Å². The van der Waals surface area contributed by atoms with Crippen molar-refractivity contribution >= 4 is 17.7 Å². The number of carbonyl (C=O) groups is 1. The number of carbonyl (C=O) groups excluding carboxylic acids is 1. The summed E-state index contributed by atoms with van der Waals surface area (Å²) in [6.45, 7) is 9.97. The van der Waals surface area contributed by atoms with E-state index in [1.54, 1.807) is 11.0 Å². The third-order valence-corrected chi connectivity index (χ3v) is 7.44. The van der Waals surface area contributed by atoms with Gasteiger partial charge in [0.15, 0.2) is 0 Å². The number of ether oxygens (including phenoxy) is 1. The molecule has 3 nitrogen and oxygen atoms in total. The molecule has 36 heavy (non-hydrogen) atoms. The number of cyclic esters (lactones) is 1. The molecule has 0 aromatic heterocycles. The summed E-state index contributed by atoms with van der Waals surface area (Å²) in [4.78, 5) is 14.7. The highest BCUT2D eigenvalue weighted by atomic mass is 35.5. The van der Waals surface area contributed by atoms with Crippen molar-refractivity contribution in [2.45, 2.75) is 63.4 Å². The number of benzene rings is 2. The van der Waals surface area contributed by atoms with Crippen LogP contribution in [0, 0.1) is 11.7 Å². The molecule has 2 saturated heterocycles. The fraction of sp³-hybridized carbons (Fsp3) is 0.393. The van der Waals surface area contributed by atoms with Gasteiger partial charge in [0.05, 0.1) is 17.6 Å². The predicted molar refractivity (Wildman–Crippen MR) is 132 cm³/mol. The molecule has 4 atom stereocenters. The second-order valence-electron chi connectivity index (χ2n) is 9.40. The lowest BCUT2D eigenvalue weighted by Crippen LogP contribution is -2.44. The first-order valence-electron chi connectivity index (χ1n) is 12.0. The maximum absolute atomic E-state index is 14.8. The molecule has 0 saturated carbocycles. The molecule has 192 valence electrons. The molecule has 1 amide bonds. The highest BCUT2D eigenvalue weighted by Gasteiger charge is 2.50. The van der Waals surface area contributed by atoms with E-state index in [4.69, 9.17) is 16.3 Å². The monoisotopic (exact) mass is 521 g/mol. The summed E-state index contributed by atoms with van der Waals surface area (Å²) < 4.78 is 61.8. The van der Waals surface area contributed by atoms with Gasteiger partial charge in [-0.3, -0.25) is 4.90 Å². The average molecular weight is 522 g/mol. The summed E-state index contributed by atoms with van der Waals surface area (Å²) in [6, 6.07) is 6.10. The number of amides is 1. The van der Waals surface area contributed by atoms with Crippen molar-refractivity contribution in [1.82, 2.24) is 4.90 Å². The number of halogens is 5. The van der Waals surface area contributed by atoms with Crippen LogP contribution in [0.3, 0.4) is 0 Å². The minimum Gasteiger partial charge on any atom is -0.443 e. The second kappa shape index (κ2) is 10.3. The zero-order valence-corrected chi connectivity index (χ0v) is 20.7. The molecule has 0 bridgehead atoms. The number of nitrogens with zero attached hydrogens (tertiary/aromatic N) is 1. The van der Waals surface area contributed by atoms with Crippen LogP contribution in [0.2, 0.25) is 5.02 Å². The highest BCUT2D eigenvalue weighted by Crippen LogP contribution is 2.47. The van der Waals surface area contributed by atoms with Crippen molar-refractivity contribution < 1.29 is 27.1 Å². The van der Waals surface area contributed by atoms with Crippen molar-refractivity contribution in [3.05, 3.63) is 83.2 Å². The molecule has 0 N–H and O–H groups in total. The Hall–Kier alpha value is -2.80. The fourth-order valence-electron chi connectivity index (χ4n) is 5.32.